The van der Waals surface area contributed by atoms with Gasteiger partial charge in [0.05, 0.1) is 24.3 Å². The highest BCUT2D eigenvalue weighted by atomic mass is 16.5. The molecule has 4 unspecified atom stereocenters. The topological polar surface area (TPSA) is 65.4 Å². The van der Waals surface area contributed by atoms with Crippen LogP contribution in [-0.2, 0) is 21.3 Å². The second-order valence-corrected chi connectivity index (χ2v) is 6.25. The first-order valence-electron chi connectivity index (χ1n) is 8.21. The van der Waals surface area contributed by atoms with Gasteiger partial charge in [-0.3, -0.25) is 4.79 Å². The Morgan fingerprint density at radius 2 is 2.32 bits per heavy atom. The zero-order valence-corrected chi connectivity index (χ0v) is 13.3. The van der Waals surface area contributed by atoms with Crippen LogP contribution < -0.4 is 5.32 Å². The number of ether oxygens (including phenoxy) is 2. The summed E-state index contributed by atoms with van der Waals surface area (Å²) in [6.07, 6.45) is 8.01. The number of amides is 1. The summed E-state index contributed by atoms with van der Waals surface area (Å²) in [6.45, 7) is 2.76. The zero-order chi connectivity index (χ0) is 15.5. The molecular weight excluding hydrogens is 282 g/mol. The standard InChI is InChI=1S/C16H25N3O3/c1-3-12-4-5-14(22-12)16(20)18-11-6-7-21-15(8-11)13-9-17-10-19(13)2/h9-12,14-15H,3-8H2,1-2H3,(H,18,20). The van der Waals surface area contributed by atoms with E-state index in [4.69, 9.17) is 9.47 Å². The number of carbonyl (C=O) groups excluding carboxylic acids is 1. The van der Waals surface area contributed by atoms with E-state index in [1.807, 2.05) is 17.8 Å². The van der Waals surface area contributed by atoms with Crippen molar-refractivity contribution in [3.8, 4) is 0 Å². The van der Waals surface area contributed by atoms with Crippen LogP contribution in [0.3, 0.4) is 0 Å². The van der Waals surface area contributed by atoms with Gasteiger partial charge in [0.2, 0.25) is 5.91 Å². The van der Waals surface area contributed by atoms with Crippen LogP contribution in [0, 0.1) is 0 Å². The number of hydrogen-bond donors (Lipinski definition) is 1. The molecule has 2 aliphatic heterocycles. The molecule has 0 bridgehead atoms. The number of nitrogens with zero attached hydrogens (tertiary/aromatic N) is 2. The van der Waals surface area contributed by atoms with Crippen molar-refractivity contribution in [3.63, 3.8) is 0 Å². The molecule has 122 valence electrons. The third-order valence-electron chi connectivity index (χ3n) is 4.67. The minimum absolute atomic E-state index is 0.000522. The van der Waals surface area contributed by atoms with Crippen molar-refractivity contribution >= 4 is 5.91 Å². The molecular formula is C16H25N3O3. The van der Waals surface area contributed by atoms with Crippen LogP contribution in [0.15, 0.2) is 12.5 Å². The van der Waals surface area contributed by atoms with E-state index in [9.17, 15) is 4.79 Å². The average molecular weight is 307 g/mol. The van der Waals surface area contributed by atoms with Gasteiger partial charge in [-0.2, -0.15) is 0 Å². The summed E-state index contributed by atoms with van der Waals surface area (Å²) in [5.41, 5.74) is 1.06. The summed E-state index contributed by atoms with van der Waals surface area (Å²) >= 11 is 0. The van der Waals surface area contributed by atoms with Gasteiger partial charge in [0, 0.05) is 19.7 Å². The molecule has 22 heavy (non-hydrogen) atoms. The van der Waals surface area contributed by atoms with Gasteiger partial charge in [-0.05, 0) is 32.1 Å². The molecule has 6 nitrogen and oxygen atoms in total. The number of rotatable bonds is 4. The summed E-state index contributed by atoms with van der Waals surface area (Å²) < 4.78 is 13.6. The third kappa shape index (κ3) is 3.33. The van der Waals surface area contributed by atoms with Crippen LogP contribution in [0.25, 0.3) is 0 Å². The van der Waals surface area contributed by atoms with E-state index >= 15 is 0 Å². The third-order valence-corrected chi connectivity index (χ3v) is 4.67. The van der Waals surface area contributed by atoms with Crippen LogP contribution >= 0.6 is 0 Å². The lowest BCUT2D eigenvalue weighted by Gasteiger charge is -2.30. The minimum atomic E-state index is -0.275. The van der Waals surface area contributed by atoms with Gasteiger partial charge in [0.25, 0.3) is 0 Å². The van der Waals surface area contributed by atoms with Crippen molar-refractivity contribution in [1.29, 1.82) is 0 Å². The van der Waals surface area contributed by atoms with E-state index in [1.165, 1.54) is 0 Å². The van der Waals surface area contributed by atoms with Crippen LogP contribution in [0.2, 0.25) is 0 Å². The second kappa shape index (κ2) is 6.79. The number of imidazole rings is 1. The van der Waals surface area contributed by atoms with Gasteiger partial charge in [0.1, 0.15) is 12.2 Å². The Balaban J connectivity index is 1.54. The van der Waals surface area contributed by atoms with Crippen molar-refractivity contribution in [1.82, 2.24) is 14.9 Å². The molecule has 0 spiro atoms. The Morgan fingerprint density at radius 1 is 1.45 bits per heavy atom. The van der Waals surface area contributed by atoms with E-state index in [1.54, 1.807) is 6.33 Å². The van der Waals surface area contributed by atoms with Crippen molar-refractivity contribution < 1.29 is 14.3 Å². The summed E-state index contributed by atoms with van der Waals surface area (Å²) in [5, 5.41) is 3.14. The number of carbonyl (C=O) groups is 1. The zero-order valence-electron chi connectivity index (χ0n) is 13.3. The Hall–Kier alpha value is -1.40. The molecule has 4 atom stereocenters. The maximum absolute atomic E-state index is 12.3. The van der Waals surface area contributed by atoms with Crippen molar-refractivity contribution in [2.24, 2.45) is 7.05 Å². The van der Waals surface area contributed by atoms with Gasteiger partial charge < -0.3 is 19.4 Å². The smallest absolute Gasteiger partial charge is 0.249 e. The maximum Gasteiger partial charge on any atom is 0.249 e. The molecule has 1 aromatic heterocycles. The predicted molar refractivity (Wildman–Crippen MR) is 81.3 cm³/mol. The lowest BCUT2D eigenvalue weighted by molar-refractivity contribution is -0.134. The minimum Gasteiger partial charge on any atom is -0.372 e. The van der Waals surface area contributed by atoms with Crippen LogP contribution in [-0.4, -0.2) is 40.3 Å². The normalized spacial score (nSPS) is 32.1. The second-order valence-electron chi connectivity index (χ2n) is 6.25. The SMILES string of the molecule is CCC1CCC(C(=O)NC2CCOC(c3cncn3C)C2)O1. The highest BCUT2D eigenvalue weighted by Crippen LogP contribution is 2.28. The molecule has 0 aromatic carbocycles. The first-order chi connectivity index (χ1) is 10.7. The lowest BCUT2D eigenvalue weighted by atomic mass is 10.0. The van der Waals surface area contributed by atoms with E-state index in [2.05, 4.69) is 17.2 Å². The Kier molecular flexibility index (Phi) is 4.78. The summed E-state index contributed by atoms with van der Waals surface area (Å²) in [5.74, 6) is 0.0339. The number of nitrogens with one attached hydrogen (secondary N) is 1. The molecule has 0 aliphatic carbocycles. The molecule has 2 aliphatic rings. The molecule has 6 heteroatoms. The Labute approximate surface area is 131 Å². The molecule has 1 N–H and O–H groups in total. The van der Waals surface area contributed by atoms with Crippen LogP contribution in [0.4, 0.5) is 0 Å². The van der Waals surface area contributed by atoms with Crippen LogP contribution in [0.1, 0.15) is 50.8 Å². The quantitative estimate of drug-likeness (QED) is 0.920. The van der Waals surface area contributed by atoms with Crippen molar-refractivity contribution in [2.45, 2.75) is 63.4 Å². The Bertz CT molecular complexity index is 516. The molecule has 3 heterocycles. The molecule has 0 radical (unpaired) electrons. The Morgan fingerprint density at radius 3 is 3.00 bits per heavy atom. The van der Waals surface area contributed by atoms with Crippen molar-refractivity contribution in [2.75, 3.05) is 6.61 Å². The molecule has 2 saturated heterocycles. The van der Waals surface area contributed by atoms with Gasteiger partial charge in [-0.25, -0.2) is 4.98 Å². The molecule has 3 rings (SSSR count). The van der Waals surface area contributed by atoms with Gasteiger partial charge >= 0.3 is 0 Å². The van der Waals surface area contributed by atoms with E-state index < -0.39 is 0 Å². The van der Waals surface area contributed by atoms with Crippen molar-refractivity contribution in [3.05, 3.63) is 18.2 Å². The van der Waals surface area contributed by atoms with Gasteiger partial charge in [-0.1, -0.05) is 6.92 Å². The molecule has 1 aromatic rings. The monoisotopic (exact) mass is 307 g/mol. The number of hydrogen-bond acceptors (Lipinski definition) is 4. The first kappa shape index (κ1) is 15.5. The van der Waals surface area contributed by atoms with Gasteiger partial charge in [0.15, 0.2) is 0 Å². The van der Waals surface area contributed by atoms with Gasteiger partial charge in [-0.15, -0.1) is 0 Å². The first-order valence-corrected chi connectivity index (χ1v) is 8.21. The fourth-order valence-electron chi connectivity index (χ4n) is 3.30. The number of aryl methyl sites for hydroxylation is 1. The average Bonchev–Trinajstić information content (AvgIpc) is 3.16. The largest absolute Gasteiger partial charge is 0.372 e. The lowest BCUT2D eigenvalue weighted by Crippen LogP contribution is -2.44. The van der Waals surface area contributed by atoms with E-state index in [-0.39, 0.29) is 30.3 Å². The summed E-state index contributed by atoms with van der Waals surface area (Å²) in [7, 11) is 1.96. The number of aromatic nitrogens is 2. The van der Waals surface area contributed by atoms with E-state index in [0.29, 0.717) is 6.61 Å². The van der Waals surface area contributed by atoms with Crippen LogP contribution in [0.5, 0.6) is 0 Å². The maximum atomic E-state index is 12.3. The summed E-state index contributed by atoms with van der Waals surface area (Å²) in [4.78, 5) is 16.5. The predicted octanol–water partition coefficient (Wildman–Crippen LogP) is 1.71. The molecule has 0 saturated carbocycles. The molecule has 1 amide bonds. The summed E-state index contributed by atoms with van der Waals surface area (Å²) in [6, 6.07) is 0.144. The highest BCUT2D eigenvalue weighted by Gasteiger charge is 2.32. The van der Waals surface area contributed by atoms with E-state index in [0.717, 1.165) is 37.8 Å². The fraction of sp³-hybridized carbons (Fsp3) is 0.750. The highest BCUT2D eigenvalue weighted by molar-refractivity contribution is 5.81. The fourth-order valence-corrected chi connectivity index (χ4v) is 3.30. The molecule has 2 fully saturated rings.